The van der Waals surface area contributed by atoms with Crippen molar-refractivity contribution in [2.24, 2.45) is 0 Å². The Labute approximate surface area is 63.0 Å². The molecule has 10 heavy (non-hydrogen) atoms. The van der Waals surface area contributed by atoms with Crippen LogP contribution >= 0.6 is 11.6 Å². The Kier molecular flexibility index (Phi) is 2.02. The minimum absolute atomic E-state index is 0.0316. The number of benzene rings is 1. The SMILES string of the molecule is [N]=Cc1c(F)cccc1Cl. The summed E-state index contributed by atoms with van der Waals surface area (Å²) in [6.45, 7) is 0. The maximum atomic E-state index is 12.6. The van der Waals surface area contributed by atoms with E-state index in [2.05, 4.69) is 0 Å². The van der Waals surface area contributed by atoms with Crippen LogP contribution in [0.15, 0.2) is 18.2 Å². The van der Waals surface area contributed by atoms with E-state index in [4.69, 9.17) is 17.0 Å². The topological polar surface area (TPSA) is 22.3 Å². The number of halogens is 2. The van der Waals surface area contributed by atoms with E-state index >= 15 is 0 Å². The molecule has 1 aromatic carbocycles. The van der Waals surface area contributed by atoms with E-state index in [0.717, 1.165) is 0 Å². The van der Waals surface area contributed by atoms with Crippen molar-refractivity contribution >= 4 is 17.8 Å². The largest absolute Gasteiger partial charge is 0.206 e. The lowest BCUT2D eigenvalue weighted by Gasteiger charge is -1.95. The third-order valence-corrected chi connectivity index (χ3v) is 1.46. The van der Waals surface area contributed by atoms with Crippen LogP contribution in [-0.2, 0) is 0 Å². The summed E-state index contributed by atoms with van der Waals surface area (Å²) in [6.07, 6.45) is 0.650. The van der Waals surface area contributed by atoms with E-state index in [0.29, 0.717) is 6.21 Å². The van der Waals surface area contributed by atoms with Gasteiger partial charge >= 0.3 is 0 Å². The lowest BCUT2D eigenvalue weighted by molar-refractivity contribution is 0.626. The molecule has 0 aliphatic rings. The smallest absolute Gasteiger partial charge is 0.133 e. The Balaban J connectivity index is 3.30. The van der Waals surface area contributed by atoms with Crippen molar-refractivity contribution in [3.63, 3.8) is 0 Å². The average molecular weight is 157 g/mol. The summed E-state index contributed by atoms with van der Waals surface area (Å²) in [7, 11) is 0. The molecule has 1 rings (SSSR count). The second kappa shape index (κ2) is 2.80. The fourth-order valence-electron chi connectivity index (χ4n) is 0.634. The summed E-state index contributed by atoms with van der Waals surface area (Å²) in [6, 6.07) is 4.21. The van der Waals surface area contributed by atoms with E-state index < -0.39 is 5.82 Å². The Morgan fingerprint density at radius 2 is 2.20 bits per heavy atom. The first kappa shape index (κ1) is 7.22. The van der Waals surface area contributed by atoms with Crippen molar-refractivity contribution in [1.82, 2.24) is 5.41 Å². The molecule has 51 valence electrons. The minimum Gasteiger partial charge on any atom is -0.206 e. The summed E-state index contributed by atoms with van der Waals surface area (Å²) in [5, 5.41) is 8.66. The second-order valence-electron chi connectivity index (χ2n) is 1.76. The van der Waals surface area contributed by atoms with E-state index in [1.807, 2.05) is 0 Å². The number of hydrogen-bond donors (Lipinski definition) is 0. The molecule has 0 bridgehead atoms. The molecule has 0 amide bonds. The molecule has 0 fully saturated rings. The van der Waals surface area contributed by atoms with Crippen LogP contribution in [0.2, 0.25) is 5.02 Å². The highest BCUT2D eigenvalue weighted by atomic mass is 35.5. The molecular formula is C7H4ClFN. The molecule has 1 aromatic rings. The maximum absolute atomic E-state index is 12.6. The van der Waals surface area contributed by atoms with Gasteiger partial charge in [-0.15, -0.1) is 0 Å². The van der Waals surface area contributed by atoms with E-state index in [9.17, 15) is 4.39 Å². The molecule has 0 saturated heterocycles. The van der Waals surface area contributed by atoms with Gasteiger partial charge in [-0.05, 0) is 12.1 Å². The molecule has 1 nitrogen and oxygen atoms in total. The summed E-state index contributed by atoms with van der Waals surface area (Å²) >= 11 is 5.50. The molecule has 3 heteroatoms. The van der Waals surface area contributed by atoms with Crippen LogP contribution in [0.5, 0.6) is 0 Å². The molecule has 0 aromatic heterocycles. The van der Waals surface area contributed by atoms with Crippen LogP contribution in [0.1, 0.15) is 5.56 Å². The van der Waals surface area contributed by atoms with Gasteiger partial charge in [0.2, 0.25) is 0 Å². The summed E-state index contributed by atoms with van der Waals surface area (Å²) < 4.78 is 12.6. The van der Waals surface area contributed by atoms with Crippen LogP contribution < -0.4 is 5.41 Å². The van der Waals surface area contributed by atoms with Crippen LogP contribution in [0.3, 0.4) is 0 Å². The first-order valence-electron chi connectivity index (χ1n) is 2.67. The normalized spacial score (nSPS) is 9.40. The van der Waals surface area contributed by atoms with Gasteiger partial charge in [0.15, 0.2) is 0 Å². The van der Waals surface area contributed by atoms with Crippen molar-refractivity contribution in [2.45, 2.75) is 0 Å². The van der Waals surface area contributed by atoms with Crippen LogP contribution in [0, 0.1) is 5.82 Å². The highest BCUT2D eigenvalue weighted by molar-refractivity contribution is 6.33. The molecule has 0 N–H and O–H groups in total. The molecule has 0 saturated carbocycles. The number of nitrogens with zero attached hydrogens (tertiary/aromatic N) is 1. The Morgan fingerprint density at radius 1 is 1.50 bits per heavy atom. The van der Waals surface area contributed by atoms with Crippen LogP contribution in [-0.4, -0.2) is 6.21 Å². The summed E-state index contributed by atoms with van der Waals surface area (Å²) in [5.74, 6) is -0.519. The molecule has 0 spiro atoms. The predicted molar refractivity (Wildman–Crippen MR) is 38.7 cm³/mol. The molecule has 1 radical (unpaired) electrons. The zero-order chi connectivity index (χ0) is 7.56. The standard InChI is InChI=1S/C7H4ClFN/c8-6-2-1-3-7(9)5(6)4-10/h1-4H. The zero-order valence-electron chi connectivity index (χ0n) is 5.01. The third kappa shape index (κ3) is 1.16. The van der Waals surface area contributed by atoms with Crippen molar-refractivity contribution < 1.29 is 4.39 Å². The molecule has 0 heterocycles. The fourth-order valence-corrected chi connectivity index (χ4v) is 0.846. The van der Waals surface area contributed by atoms with Gasteiger partial charge in [0.1, 0.15) is 5.82 Å². The average Bonchev–Trinajstić information content (AvgIpc) is 1.88. The second-order valence-corrected chi connectivity index (χ2v) is 2.17. The first-order valence-corrected chi connectivity index (χ1v) is 3.05. The third-order valence-electron chi connectivity index (χ3n) is 1.13. The number of hydrogen-bond acceptors (Lipinski definition) is 0. The molecule has 0 unspecified atom stereocenters. The van der Waals surface area contributed by atoms with Gasteiger partial charge in [0, 0.05) is 5.56 Å². The predicted octanol–water partition coefficient (Wildman–Crippen LogP) is 1.70. The van der Waals surface area contributed by atoms with Gasteiger partial charge in [-0.25, -0.2) is 4.39 Å². The zero-order valence-corrected chi connectivity index (χ0v) is 5.77. The van der Waals surface area contributed by atoms with Crippen LogP contribution in [0.25, 0.3) is 0 Å². The Bertz CT molecular complexity index is 240. The Hall–Kier alpha value is -0.890. The molecule has 0 aliphatic heterocycles. The molecule has 0 atom stereocenters. The van der Waals surface area contributed by atoms with E-state index in [-0.39, 0.29) is 10.6 Å². The first-order chi connectivity index (χ1) is 4.75. The van der Waals surface area contributed by atoms with Crippen molar-refractivity contribution in [3.8, 4) is 0 Å². The van der Waals surface area contributed by atoms with Gasteiger partial charge in [0.05, 0.1) is 11.2 Å². The Morgan fingerprint density at radius 3 is 2.60 bits per heavy atom. The molecular weight excluding hydrogens is 153 g/mol. The van der Waals surface area contributed by atoms with E-state index in [1.165, 1.54) is 18.2 Å². The van der Waals surface area contributed by atoms with Crippen LogP contribution in [0.4, 0.5) is 4.39 Å². The van der Waals surface area contributed by atoms with Crippen molar-refractivity contribution in [3.05, 3.63) is 34.6 Å². The summed E-state index contributed by atoms with van der Waals surface area (Å²) in [5.41, 5.74) is 0.0316. The van der Waals surface area contributed by atoms with E-state index in [1.54, 1.807) is 0 Å². The highest BCUT2D eigenvalue weighted by Gasteiger charge is 2.01. The highest BCUT2D eigenvalue weighted by Crippen LogP contribution is 2.15. The molecule has 0 aliphatic carbocycles. The quantitative estimate of drug-likeness (QED) is 0.553. The van der Waals surface area contributed by atoms with Gasteiger partial charge in [-0.1, -0.05) is 17.7 Å². The lowest BCUT2D eigenvalue weighted by Crippen LogP contribution is -1.88. The van der Waals surface area contributed by atoms with Gasteiger partial charge in [-0.3, -0.25) is 0 Å². The maximum Gasteiger partial charge on any atom is 0.133 e. The lowest BCUT2D eigenvalue weighted by atomic mass is 10.2. The van der Waals surface area contributed by atoms with Crippen molar-refractivity contribution in [2.75, 3.05) is 0 Å². The summed E-state index contributed by atoms with van der Waals surface area (Å²) in [4.78, 5) is 0. The minimum atomic E-state index is -0.519. The monoisotopic (exact) mass is 156 g/mol. The number of rotatable bonds is 1. The van der Waals surface area contributed by atoms with Gasteiger partial charge in [-0.2, -0.15) is 5.41 Å². The van der Waals surface area contributed by atoms with Gasteiger partial charge < -0.3 is 0 Å². The van der Waals surface area contributed by atoms with Gasteiger partial charge in [0.25, 0.3) is 0 Å². The fraction of sp³-hybridized carbons (Fsp3) is 0. The van der Waals surface area contributed by atoms with Crippen molar-refractivity contribution in [1.29, 1.82) is 0 Å².